The van der Waals surface area contributed by atoms with Gasteiger partial charge in [0.15, 0.2) is 0 Å². The summed E-state index contributed by atoms with van der Waals surface area (Å²) >= 11 is 0. The predicted molar refractivity (Wildman–Crippen MR) is 151 cm³/mol. The lowest BCUT2D eigenvalue weighted by Gasteiger charge is -2.12. The largest absolute Gasteiger partial charge is 0.300 e. The zero-order chi connectivity index (χ0) is 24.6. The molecule has 0 bridgehead atoms. The van der Waals surface area contributed by atoms with Crippen molar-refractivity contribution in [2.45, 2.75) is 51.9 Å². The van der Waals surface area contributed by atoms with Crippen LogP contribution in [0.25, 0.3) is 5.57 Å². The Kier molecular flexibility index (Phi) is 11.0. The van der Waals surface area contributed by atoms with Crippen molar-refractivity contribution in [3.8, 4) is 23.4 Å². The third-order valence-electron chi connectivity index (χ3n) is 5.63. The molecule has 0 spiro atoms. The second-order valence-corrected chi connectivity index (χ2v) is 10.8. The molecule has 3 aromatic rings. The van der Waals surface area contributed by atoms with Crippen molar-refractivity contribution in [2.75, 3.05) is 0 Å². The van der Waals surface area contributed by atoms with Crippen LogP contribution >= 0.6 is 7.14 Å². The Bertz CT molecular complexity index is 1230. The van der Waals surface area contributed by atoms with Crippen molar-refractivity contribution in [3.63, 3.8) is 0 Å². The van der Waals surface area contributed by atoms with Crippen LogP contribution in [0.3, 0.4) is 0 Å². The van der Waals surface area contributed by atoms with Crippen LogP contribution in [0.1, 0.15) is 57.4 Å². The van der Waals surface area contributed by atoms with Gasteiger partial charge in [0.25, 0.3) is 0 Å². The molecule has 0 aromatic heterocycles. The van der Waals surface area contributed by atoms with Gasteiger partial charge in [0, 0.05) is 29.9 Å². The first-order chi connectivity index (χ1) is 17.2. The Morgan fingerprint density at radius 2 is 1.17 bits per heavy atom. The molecular formula is C33H33OP. The average Bonchev–Trinajstić information content (AvgIpc) is 2.92. The second-order valence-electron chi connectivity index (χ2n) is 8.36. The van der Waals surface area contributed by atoms with Crippen LogP contribution in [0.15, 0.2) is 103 Å². The summed E-state index contributed by atoms with van der Waals surface area (Å²) in [7, 11) is -2.93. The third-order valence-corrected chi connectivity index (χ3v) is 8.15. The Morgan fingerprint density at radius 1 is 0.686 bits per heavy atom. The van der Waals surface area contributed by atoms with Gasteiger partial charge in [-0.15, -0.1) is 17.6 Å². The van der Waals surface area contributed by atoms with E-state index in [0.717, 1.165) is 55.6 Å². The predicted octanol–water partition coefficient (Wildman–Crippen LogP) is 7.95. The van der Waals surface area contributed by atoms with Crippen molar-refractivity contribution in [2.24, 2.45) is 0 Å². The van der Waals surface area contributed by atoms with Crippen LogP contribution < -0.4 is 10.6 Å². The Balaban J connectivity index is 1.39. The summed E-state index contributed by atoms with van der Waals surface area (Å²) in [6.45, 7) is 2.10. The molecule has 0 unspecified atom stereocenters. The van der Waals surface area contributed by atoms with Crippen LogP contribution in [0.4, 0.5) is 0 Å². The molecule has 0 saturated heterocycles. The number of benzene rings is 3. The summed E-state index contributed by atoms with van der Waals surface area (Å²) in [6, 6.07) is 29.6. The standard InChI is InChI=1S/C33H33OP/c1-30(31-23-15-11-16-24-31)22-14-9-7-5-3-2-4-6-8-10-21-29-35(34,32-25-17-12-18-26-32)33-27-19-13-20-28-33/h11-20,23-28H,4-10H2,1H3. The van der Waals surface area contributed by atoms with Gasteiger partial charge in [-0.1, -0.05) is 96.9 Å². The summed E-state index contributed by atoms with van der Waals surface area (Å²) in [5, 5.41) is 1.59. The molecule has 3 aromatic carbocycles. The molecule has 0 aliphatic carbocycles. The fourth-order valence-electron chi connectivity index (χ4n) is 3.61. The van der Waals surface area contributed by atoms with Crippen LogP contribution in [-0.4, -0.2) is 0 Å². The highest BCUT2D eigenvalue weighted by molar-refractivity contribution is 7.83. The third kappa shape index (κ3) is 8.67. The molecule has 0 radical (unpaired) electrons. The minimum Gasteiger partial charge on any atom is -0.300 e. The number of hydrogen-bond donors (Lipinski definition) is 0. The first kappa shape index (κ1) is 26.1. The molecule has 0 aliphatic heterocycles. The fourth-order valence-corrected chi connectivity index (χ4v) is 5.69. The van der Waals surface area contributed by atoms with E-state index in [4.69, 9.17) is 0 Å². The maximum atomic E-state index is 13.8. The van der Waals surface area contributed by atoms with Crippen molar-refractivity contribution >= 4 is 23.3 Å². The molecule has 2 heteroatoms. The van der Waals surface area contributed by atoms with Crippen molar-refractivity contribution in [1.29, 1.82) is 0 Å². The first-order valence-corrected chi connectivity index (χ1v) is 14.0. The molecule has 0 atom stereocenters. The lowest BCUT2D eigenvalue weighted by molar-refractivity contribution is 0.593. The maximum Gasteiger partial charge on any atom is 0.210 e. The van der Waals surface area contributed by atoms with Crippen molar-refractivity contribution in [3.05, 3.63) is 108 Å². The quantitative estimate of drug-likeness (QED) is 0.133. The molecule has 3 rings (SSSR count). The zero-order valence-corrected chi connectivity index (χ0v) is 21.4. The molecule has 0 heterocycles. The minimum absolute atomic E-state index is 0.739. The molecule has 0 fully saturated rings. The van der Waals surface area contributed by atoms with Crippen molar-refractivity contribution < 1.29 is 4.57 Å². The molecule has 0 aliphatic rings. The van der Waals surface area contributed by atoms with Gasteiger partial charge in [0.05, 0.1) is 0 Å². The molecule has 0 amide bonds. The van der Waals surface area contributed by atoms with Crippen LogP contribution in [0.2, 0.25) is 0 Å². The van der Waals surface area contributed by atoms with Gasteiger partial charge in [0.2, 0.25) is 7.14 Å². The highest BCUT2D eigenvalue weighted by Gasteiger charge is 2.24. The van der Waals surface area contributed by atoms with Crippen molar-refractivity contribution in [1.82, 2.24) is 0 Å². The Labute approximate surface area is 211 Å². The molecular weight excluding hydrogens is 443 g/mol. The fraction of sp³-hybridized carbons (Fsp3) is 0.242. The van der Waals surface area contributed by atoms with E-state index in [1.54, 1.807) is 0 Å². The number of hydrogen-bond acceptors (Lipinski definition) is 1. The number of unbranched alkanes of at least 4 members (excludes halogenated alkanes) is 5. The molecule has 176 valence electrons. The molecule has 35 heavy (non-hydrogen) atoms. The first-order valence-electron chi connectivity index (χ1n) is 12.3. The van der Waals surface area contributed by atoms with E-state index in [1.807, 2.05) is 66.7 Å². The second kappa shape index (κ2) is 14.7. The van der Waals surface area contributed by atoms with Gasteiger partial charge >= 0.3 is 0 Å². The van der Waals surface area contributed by atoms with E-state index in [0.29, 0.717) is 0 Å². The highest BCUT2D eigenvalue weighted by atomic mass is 31.2. The maximum absolute atomic E-state index is 13.8. The lowest BCUT2D eigenvalue weighted by Crippen LogP contribution is -2.14. The number of allylic oxidation sites excluding steroid dienone is 1. The van der Waals surface area contributed by atoms with Gasteiger partial charge in [0.1, 0.15) is 0 Å². The lowest BCUT2D eigenvalue weighted by atomic mass is 10.1. The summed E-state index contributed by atoms with van der Waals surface area (Å²) in [6.07, 6.45) is 8.70. The van der Waals surface area contributed by atoms with Crippen LogP contribution in [0, 0.1) is 23.4 Å². The average molecular weight is 477 g/mol. The summed E-state index contributed by atoms with van der Waals surface area (Å²) in [5.41, 5.74) is 8.90. The van der Waals surface area contributed by atoms with E-state index in [-0.39, 0.29) is 0 Å². The minimum atomic E-state index is -2.93. The van der Waals surface area contributed by atoms with E-state index < -0.39 is 7.14 Å². The van der Waals surface area contributed by atoms with E-state index >= 15 is 0 Å². The van der Waals surface area contributed by atoms with Gasteiger partial charge in [-0.2, -0.15) is 0 Å². The van der Waals surface area contributed by atoms with Crippen LogP contribution in [-0.2, 0) is 4.57 Å². The van der Waals surface area contributed by atoms with E-state index in [1.165, 1.54) is 11.1 Å². The monoisotopic (exact) mass is 476 g/mol. The summed E-state index contributed by atoms with van der Waals surface area (Å²) < 4.78 is 13.8. The normalized spacial score (nSPS) is 10.2. The van der Waals surface area contributed by atoms with Gasteiger partial charge in [-0.05, 0) is 55.5 Å². The Morgan fingerprint density at radius 3 is 1.74 bits per heavy atom. The smallest absolute Gasteiger partial charge is 0.210 e. The molecule has 0 saturated carbocycles. The Hall–Kier alpha value is -3.47. The zero-order valence-electron chi connectivity index (χ0n) is 20.5. The van der Waals surface area contributed by atoms with E-state index in [2.05, 4.69) is 66.4 Å². The van der Waals surface area contributed by atoms with E-state index in [9.17, 15) is 4.57 Å². The molecule has 1 nitrogen and oxygen atoms in total. The highest BCUT2D eigenvalue weighted by Crippen LogP contribution is 2.41. The summed E-state index contributed by atoms with van der Waals surface area (Å²) in [5.74, 6) is 9.75. The van der Waals surface area contributed by atoms with Gasteiger partial charge in [-0.25, -0.2) is 0 Å². The topological polar surface area (TPSA) is 17.1 Å². The van der Waals surface area contributed by atoms with Crippen LogP contribution in [0.5, 0.6) is 0 Å². The molecule has 0 N–H and O–H groups in total. The SMILES string of the molecule is CC(=C=CCCCC#CCCCCC#CP(=O)(c1ccccc1)c1ccccc1)c1ccccc1. The van der Waals surface area contributed by atoms with Gasteiger partial charge < -0.3 is 0 Å². The number of rotatable bonds is 9. The van der Waals surface area contributed by atoms with Gasteiger partial charge in [-0.3, -0.25) is 4.57 Å². The summed E-state index contributed by atoms with van der Waals surface area (Å²) in [4.78, 5) is 0.